The Hall–Kier alpha value is -2.43. The first-order chi connectivity index (χ1) is 10.5. The molecular formula is C17H15F2NO2. The summed E-state index contributed by atoms with van der Waals surface area (Å²) in [5, 5.41) is 12.0. The number of phenolic OH excluding ortho intramolecular Hbond substituents is 1. The van der Waals surface area contributed by atoms with Gasteiger partial charge in [-0.1, -0.05) is 18.2 Å². The Balaban J connectivity index is 1.70. The van der Waals surface area contributed by atoms with Crippen molar-refractivity contribution in [3.63, 3.8) is 0 Å². The molecule has 3 rings (SSSR count). The number of hydrogen-bond donors (Lipinski definition) is 2. The van der Waals surface area contributed by atoms with E-state index in [1.165, 1.54) is 18.2 Å². The van der Waals surface area contributed by atoms with Gasteiger partial charge in [-0.05, 0) is 41.7 Å². The van der Waals surface area contributed by atoms with Gasteiger partial charge in [-0.3, -0.25) is 4.79 Å². The van der Waals surface area contributed by atoms with Crippen LogP contribution in [0.3, 0.4) is 0 Å². The number of amides is 1. The molecule has 0 bridgehead atoms. The third-order valence-corrected chi connectivity index (χ3v) is 3.94. The van der Waals surface area contributed by atoms with Crippen LogP contribution in [0.1, 0.15) is 29.2 Å². The van der Waals surface area contributed by atoms with Gasteiger partial charge in [0.15, 0.2) is 0 Å². The number of rotatable bonds is 3. The molecule has 2 N–H and O–H groups in total. The molecule has 0 radical (unpaired) electrons. The van der Waals surface area contributed by atoms with Crippen LogP contribution in [0.25, 0.3) is 0 Å². The minimum atomic E-state index is -0.618. The zero-order valence-corrected chi connectivity index (χ0v) is 11.8. The number of carbonyl (C=O) groups is 1. The molecular weight excluding hydrogens is 288 g/mol. The molecule has 1 unspecified atom stereocenters. The van der Waals surface area contributed by atoms with Gasteiger partial charge in [0, 0.05) is 6.07 Å². The van der Waals surface area contributed by atoms with E-state index in [0.29, 0.717) is 18.4 Å². The number of carbonyl (C=O) groups excluding carboxylic acids is 1. The van der Waals surface area contributed by atoms with E-state index < -0.39 is 5.82 Å². The van der Waals surface area contributed by atoms with E-state index in [1.807, 2.05) is 0 Å². The summed E-state index contributed by atoms with van der Waals surface area (Å²) < 4.78 is 27.3. The highest BCUT2D eigenvalue weighted by molar-refractivity contribution is 5.79. The summed E-state index contributed by atoms with van der Waals surface area (Å²) in [6.07, 6.45) is 1.11. The Morgan fingerprint density at radius 2 is 2.05 bits per heavy atom. The van der Waals surface area contributed by atoms with Gasteiger partial charge in [0.05, 0.1) is 12.5 Å². The van der Waals surface area contributed by atoms with Crippen molar-refractivity contribution in [2.24, 2.45) is 0 Å². The summed E-state index contributed by atoms with van der Waals surface area (Å²) in [5.41, 5.74) is 1.65. The van der Waals surface area contributed by atoms with E-state index in [0.717, 1.165) is 11.6 Å². The number of benzene rings is 2. The normalized spacial score (nSPS) is 16.4. The fourth-order valence-corrected chi connectivity index (χ4v) is 2.86. The third-order valence-electron chi connectivity index (χ3n) is 3.94. The molecule has 5 heteroatoms. The molecule has 1 aliphatic carbocycles. The Kier molecular flexibility index (Phi) is 3.79. The molecule has 0 aromatic heterocycles. The molecule has 0 aliphatic heterocycles. The van der Waals surface area contributed by atoms with E-state index in [-0.39, 0.29) is 35.5 Å². The summed E-state index contributed by atoms with van der Waals surface area (Å²) in [5.74, 6) is -1.37. The number of aromatic hydroxyl groups is 1. The van der Waals surface area contributed by atoms with Crippen molar-refractivity contribution < 1.29 is 18.7 Å². The second-order valence-corrected chi connectivity index (χ2v) is 5.42. The quantitative estimate of drug-likeness (QED) is 0.915. The number of fused-ring (bicyclic) bond motifs is 1. The van der Waals surface area contributed by atoms with Gasteiger partial charge in [-0.15, -0.1) is 0 Å². The van der Waals surface area contributed by atoms with Gasteiger partial charge >= 0.3 is 0 Å². The van der Waals surface area contributed by atoms with E-state index in [4.69, 9.17) is 5.11 Å². The van der Waals surface area contributed by atoms with Gasteiger partial charge in [-0.2, -0.15) is 0 Å². The van der Waals surface area contributed by atoms with Crippen molar-refractivity contribution in [2.75, 3.05) is 0 Å². The van der Waals surface area contributed by atoms with E-state index >= 15 is 0 Å². The van der Waals surface area contributed by atoms with Gasteiger partial charge in [-0.25, -0.2) is 8.78 Å². The van der Waals surface area contributed by atoms with Gasteiger partial charge in [0.1, 0.15) is 17.4 Å². The molecule has 0 fully saturated rings. The maximum absolute atomic E-state index is 13.7. The summed E-state index contributed by atoms with van der Waals surface area (Å²) in [4.78, 5) is 12.1. The summed E-state index contributed by atoms with van der Waals surface area (Å²) in [6.45, 7) is 0. The fourth-order valence-electron chi connectivity index (χ4n) is 2.86. The van der Waals surface area contributed by atoms with Gasteiger partial charge in [0.25, 0.3) is 0 Å². The van der Waals surface area contributed by atoms with Crippen LogP contribution in [0.15, 0.2) is 36.4 Å². The maximum atomic E-state index is 13.7. The maximum Gasteiger partial charge on any atom is 0.225 e. The predicted molar refractivity (Wildman–Crippen MR) is 77.4 cm³/mol. The lowest BCUT2D eigenvalue weighted by Gasteiger charge is -2.14. The molecule has 22 heavy (non-hydrogen) atoms. The zero-order chi connectivity index (χ0) is 15.7. The highest BCUT2D eigenvalue weighted by atomic mass is 19.1. The molecule has 114 valence electrons. The number of nitrogens with one attached hydrogen (secondary N) is 1. The van der Waals surface area contributed by atoms with Crippen molar-refractivity contribution >= 4 is 5.91 Å². The number of halogens is 2. The largest absolute Gasteiger partial charge is 0.508 e. The zero-order valence-electron chi connectivity index (χ0n) is 11.8. The highest BCUT2D eigenvalue weighted by Gasteiger charge is 2.26. The minimum Gasteiger partial charge on any atom is -0.508 e. The molecule has 2 aromatic rings. The number of hydrogen-bond acceptors (Lipinski definition) is 2. The topological polar surface area (TPSA) is 49.3 Å². The molecule has 1 aliphatic rings. The summed E-state index contributed by atoms with van der Waals surface area (Å²) >= 11 is 0. The molecule has 3 nitrogen and oxygen atoms in total. The first kappa shape index (κ1) is 14.5. The third kappa shape index (κ3) is 2.79. The van der Waals surface area contributed by atoms with Crippen molar-refractivity contribution in [1.29, 1.82) is 0 Å². The lowest BCUT2D eigenvalue weighted by Crippen LogP contribution is -2.28. The Morgan fingerprint density at radius 3 is 2.82 bits per heavy atom. The second-order valence-electron chi connectivity index (χ2n) is 5.42. The predicted octanol–water partition coefficient (Wildman–Crippen LogP) is 3.02. The highest BCUT2D eigenvalue weighted by Crippen LogP contribution is 2.32. The molecule has 1 amide bonds. The monoisotopic (exact) mass is 303 g/mol. The average Bonchev–Trinajstić information content (AvgIpc) is 2.87. The van der Waals surface area contributed by atoms with E-state index in [9.17, 15) is 13.6 Å². The molecule has 0 saturated heterocycles. The van der Waals surface area contributed by atoms with Crippen LogP contribution in [-0.4, -0.2) is 11.0 Å². The lowest BCUT2D eigenvalue weighted by molar-refractivity contribution is -0.121. The first-order valence-corrected chi connectivity index (χ1v) is 7.08. The van der Waals surface area contributed by atoms with Crippen LogP contribution in [-0.2, 0) is 17.6 Å². The van der Waals surface area contributed by atoms with Crippen LogP contribution in [0.2, 0.25) is 0 Å². The lowest BCUT2D eigenvalue weighted by atomic mass is 10.1. The minimum absolute atomic E-state index is 0.118. The number of phenols is 1. The average molecular weight is 303 g/mol. The Labute approximate surface area is 126 Å². The van der Waals surface area contributed by atoms with Crippen LogP contribution >= 0.6 is 0 Å². The Bertz CT molecular complexity index is 731. The van der Waals surface area contributed by atoms with Gasteiger partial charge < -0.3 is 10.4 Å². The molecule has 0 saturated carbocycles. The van der Waals surface area contributed by atoms with Crippen LogP contribution < -0.4 is 5.32 Å². The summed E-state index contributed by atoms with van der Waals surface area (Å²) in [7, 11) is 0. The standard InChI is InChI=1S/C17H15F2NO2/c18-14-3-1-2-13-12(14)6-7-16(13)20-17(22)8-10-4-5-11(21)9-15(10)19/h1-5,9,16,21H,6-8H2,(H,20,22). The second kappa shape index (κ2) is 5.75. The Morgan fingerprint density at radius 1 is 1.23 bits per heavy atom. The van der Waals surface area contributed by atoms with Crippen molar-refractivity contribution in [1.82, 2.24) is 5.32 Å². The van der Waals surface area contributed by atoms with Gasteiger partial charge in [0.2, 0.25) is 5.91 Å². The summed E-state index contributed by atoms with van der Waals surface area (Å²) in [6, 6.07) is 8.30. The van der Waals surface area contributed by atoms with Crippen molar-refractivity contribution in [2.45, 2.75) is 25.3 Å². The molecule has 2 aromatic carbocycles. The fraction of sp³-hybridized carbons (Fsp3) is 0.235. The van der Waals surface area contributed by atoms with Crippen LogP contribution in [0.5, 0.6) is 5.75 Å². The van der Waals surface area contributed by atoms with E-state index in [2.05, 4.69) is 5.32 Å². The molecule has 0 spiro atoms. The van der Waals surface area contributed by atoms with Crippen LogP contribution in [0, 0.1) is 11.6 Å². The van der Waals surface area contributed by atoms with Crippen molar-refractivity contribution in [3.05, 3.63) is 64.7 Å². The first-order valence-electron chi connectivity index (χ1n) is 7.08. The smallest absolute Gasteiger partial charge is 0.225 e. The van der Waals surface area contributed by atoms with Crippen molar-refractivity contribution in [3.8, 4) is 5.75 Å². The molecule has 1 atom stereocenters. The SMILES string of the molecule is O=C(Cc1ccc(O)cc1F)NC1CCc2c(F)cccc21. The van der Waals surface area contributed by atoms with E-state index in [1.54, 1.807) is 12.1 Å². The van der Waals surface area contributed by atoms with Crippen LogP contribution in [0.4, 0.5) is 8.78 Å². The molecule has 0 heterocycles.